The molecule has 0 spiro atoms. The number of piperazine rings is 1. The molecule has 2 rings (SSSR count). The molecule has 16 heavy (non-hydrogen) atoms. The van der Waals surface area contributed by atoms with Crippen molar-refractivity contribution in [3.8, 4) is 0 Å². The number of nitrogens with zero attached hydrogens (tertiary/aromatic N) is 1. The molecule has 0 aromatic carbocycles. The van der Waals surface area contributed by atoms with Gasteiger partial charge >= 0.3 is 0 Å². The molecule has 0 radical (unpaired) electrons. The molecule has 2 aliphatic rings. The van der Waals surface area contributed by atoms with Gasteiger partial charge in [0.2, 0.25) is 11.8 Å². The minimum absolute atomic E-state index is 0.00956. The number of hydrogen-bond acceptors (Lipinski definition) is 3. The van der Waals surface area contributed by atoms with Crippen molar-refractivity contribution in [2.45, 2.75) is 38.3 Å². The molecule has 0 aromatic heterocycles. The summed E-state index contributed by atoms with van der Waals surface area (Å²) in [4.78, 5) is 25.4. The summed E-state index contributed by atoms with van der Waals surface area (Å²) in [5.41, 5.74) is 0. The van der Waals surface area contributed by atoms with Gasteiger partial charge in [0.25, 0.3) is 0 Å². The van der Waals surface area contributed by atoms with E-state index >= 15 is 0 Å². The van der Waals surface area contributed by atoms with Gasteiger partial charge in [0, 0.05) is 6.04 Å². The second-order valence-corrected chi connectivity index (χ2v) is 5.56. The van der Waals surface area contributed by atoms with Crippen LogP contribution in [0.1, 0.15) is 26.2 Å². The monoisotopic (exact) mass is 242 g/mol. The molecule has 2 amide bonds. The molecule has 0 aliphatic carbocycles. The maximum atomic E-state index is 12.1. The van der Waals surface area contributed by atoms with Crippen LogP contribution in [0.25, 0.3) is 0 Å². The Morgan fingerprint density at radius 2 is 2.06 bits per heavy atom. The molecule has 1 unspecified atom stereocenters. The lowest BCUT2D eigenvalue weighted by Crippen LogP contribution is -2.60. The first-order valence-electron chi connectivity index (χ1n) is 5.90. The van der Waals surface area contributed by atoms with Crippen molar-refractivity contribution in [2.24, 2.45) is 0 Å². The fourth-order valence-electron chi connectivity index (χ4n) is 2.32. The van der Waals surface area contributed by atoms with Crippen LogP contribution in [0.3, 0.4) is 0 Å². The third kappa shape index (κ3) is 2.34. The summed E-state index contributed by atoms with van der Waals surface area (Å²) in [5, 5.41) is 2.75. The number of rotatable bonds is 2. The highest BCUT2D eigenvalue weighted by Gasteiger charge is 2.35. The van der Waals surface area contributed by atoms with Crippen LogP contribution in [0.15, 0.2) is 0 Å². The minimum Gasteiger partial charge on any atom is -0.343 e. The van der Waals surface area contributed by atoms with E-state index in [9.17, 15) is 9.59 Å². The Morgan fingerprint density at radius 1 is 1.38 bits per heavy atom. The molecule has 2 saturated heterocycles. The lowest BCUT2D eigenvalue weighted by molar-refractivity contribution is -0.146. The van der Waals surface area contributed by atoms with E-state index in [2.05, 4.69) is 5.32 Å². The summed E-state index contributed by atoms with van der Waals surface area (Å²) >= 11 is 1.93. The quantitative estimate of drug-likeness (QED) is 0.772. The fourth-order valence-corrected chi connectivity index (χ4v) is 3.40. The van der Waals surface area contributed by atoms with Gasteiger partial charge < -0.3 is 10.2 Å². The highest BCUT2D eigenvalue weighted by Crippen LogP contribution is 2.23. The van der Waals surface area contributed by atoms with E-state index in [4.69, 9.17) is 0 Å². The highest BCUT2D eigenvalue weighted by atomic mass is 32.2. The van der Waals surface area contributed by atoms with Gasteiger partial charge in [-0.3, -0.25) is 9.59 Å². The normalized spacial score (nSPS) is 28.1. The Morgan fingerprint density at radius 3 is 2.69 bits per heavy atom. The molecule has 5 heteroatoms. The number of amides is 2. The summed E-state index contributed by atoms with van der Waals surface area (Å²) in [5.74, 6) is 2.31. The third-order valence-electron chi connectivity index (χ3n) is 3.27. The van der Waals surface area contributed by atoms with Crippen LogP contribution in [0.2, 0.25) is 0 Å². The maximum Gasteiger partial charge on any atom is 0.245 e. The van der Waals surface area contributed by atoms with E-state index in [1.165, 1.54) is 0 Å². The van der Waals surface area contributed by atoms with Crippen LogP contribution in [0.4, 0.5) is 0 Å². The van der Waals surface area contributed by atoms with E-state index in [-0.39, 0.29) is 30.4 Å². The van der Waals surface area contributed by atoms with Gasteiger partial charge in [-0.25, -0.2) is 0 Å². The van der Waals surface area contributed by atoms with Crippen molar-refractivity contribution in [3.05, 3.63) is 0 Å². The molecule has 2 heterocycles. The van der Waals surface area contributed by atoms with Crippen LogP contribution < -0.4 is 5.32 Å². The Labute approximate surface area is 100 Å². The van der Waals surface area contributed by atoms with Gasteiger partial charge in [0.15, 0.2) is 0 Å². The molecule has 2 aliphatic heterocycles. The molecule has 4 nitrogen and oxygen atoms in total. The number of thioether (sulfide) groups is 1. The van der Waals surface area contributed by atoms with Crippen molar-refractivity contribution in [3.63, 3.8) is 0 Å². The summed E-state index contributed by atoms with van der Waals surface area (Å²) in [6, 6.07) is -0.00956. The zero-order valence-corrected chi connectivity index (χ0v) is 10.4. The molecule has 0 saturated carbocycles. The van der Waals surface area contributed by atoms with E-state index < -0.39 is 0 Å². The first-order valence-corrected chi connectivity index (χ1v) is 7.05. The molecule has 1 atom stereocenters. The average Bonchev–Trinajstić information content (AvgIpc) is 2.33. The Balaban J connectivity index is 2.06. The predicted molar refractivity (Wildman–Crippen MR) is 64.3 cm³/mol. The van der Waals surface area contributed by atoms with Crippen molar-refractivity contribution >= 4 is 23.6 Å². The van der Waals surface area contributed by atoms with Crippen LogP contribution in [0.5, 0.6) is 0 Å². The van der Waals surface area contributed by atoms with E-state index in [1.54, 1.807) is 4.90 Å². The molecule has 90 valence electrons. The summed E-state index contributed by atoms with van der Waals surface area (Å²) < 4.78 is 0. The Hall–Kier alpha value is -0.710. The van der Waals surface area contributed by atoms with Crippen molar-refractivity contribution in [1.82, 2.24) is 10.2 Å². The standard InChI is InChI=1S/C11H18N2O2S/c1-2-9-11(15)13(7-10(14)12-9)8-3-5-16-6-4-8/h8-9H,2-7H2,1H3,(H,12,14). The summed E-state index contributed by atoms with van der Waals surface area (Å²) in [6.45, 7) is 2.19. The largest absolute Gasteiger partial charge is 0.343 e. The number of carbonyl (C=O) groups excluding carboxylic acids is 2. The Kier molecular flexibility index (Phi) is 3.74. The maximum absolute atomic E-state index is 12.1. The molecule has 1 N–H and O–H groups in total. The summed E-state index contributed by atoms with van der Waals surface area (Å²) in [7, 11) is 0. The first-order chi connectivity index (χ1) is 7.72. The van der Waals surface area contributed by atoms with Gasteiger partial charge in [0.05, 0.1) is 6.54 Å². The van der Waals surface area contributed by atoms with Crippen molar-refractivity contribution in [1.29, 1.82) is 0 Å². The zero-order chi connectivity index (χ0) is 11.5. The molecule has 2 fully saturated rings. The molecular weight excluding hydrogens is 224 g/mol. The first kappa shape index (κ1) is 11.8. The molecule has 0 aromatic rings. The van der Waals surface area contributed by atoms with Gasteiger partial charge in [0.1, 0.15) is 6.04 Å². The van der Waals surface area contributed by atoms with Gasteiger partial charge in [-0.05, 0) is 30.8 Å². The number of nitrogens with one attached hydrogen (secondary N) is 1. The zero-order valence-electron chi connectivity index (χ0n) is 9.57. The van der Waals surface area contributed by atoms with E-state index in [0.717, 1.165) is 24.3 Å². The summed E-state index contributed by atoms with van der Waals surface area (Å²) in [6.07, 6.45) is 2.74. The fraction of sp³-hybridized carbons (Fsp3) is 0.818. The second kappa shape index (κ2) is 5.08. The van der Waals surface area contributed by atoms with Crippen LogP contribution >= 0.6 is 11.8 Å². The molecular formula is C11H18N2O2S. The lowest BCUT2D eigenvalue weighted by atomic mass is 10.0. The average molecular weight is 242 g/mol. The third-order valence-corrected chi connectivity index (χ3v) is 4.32. The SMILES string of the molecule is CCC1NC(=O)CN(C2CCSCC2)C1=O. The minimum atomic E-state index is -0.296. The number of hydrogen-bond donors (Lipinski definition) is 1. The van der Waals surface area contributed by atoms with Crippen molar-refractivity contribution < 1.29 is 9.59 Å². The number of carbonyl (C=O) groups is 2. The van der Waals surface area contributed by atoms with Crippen LogP contribution in [-0.2, 0) is 9.59 Å². The van der Waals surface area contributed by atoms with Gasteiger partial charge in [-0.15, -0.1) is 0 Å². The van der Waals surface area contributed by atoms with Crippen molar-refractivity contribution in [2.75, 3.05) is 18.1 Å². The Bertz CT molecular complexity index is 290. The van der Waals surface area contributed by atoms with Crippen LogP contribution in [-0.4, -0.2) is 46.8 Å². The second-order valence-electron chi connectivity index (χ2n) is 4.34. The topological polar surface area (TPSA) is 49.4 Å². The van der Waals surface area contributed by atoms with Crippen LogP contribution in [0, 0.1) is 0 Å². The van der Waals surface area contributed by atoms with Gasteiger partial charge in [-0.1, -0.05) is 6.92 Å². The smallest absolute Gasteiger partial charge is 0.245 e. The van der Waals surface area contributed by atoms with E-state index in [1.807, 2.05) is 18.7 Å². The van der Waals surface area contributed by atoms with Gasteiger partial charge in [-0.2, -0.15) is 11.8 Å². The molecule has 0 bridgehead atoms. The highest BCUT2D eigenvalue weighted by molar-refractivity contribution is 7.99. The van der Waals surface area contributed by atoms with E-state index in [0.29, 0.717) is 6.42 Å². The lowest BCUT2D eigenvalue weighted by Gasteiger charge is -2.39. The predicted octanol–water partition coefficient (Wildman–Crippen LogP) is 0.619.